The molecule has 0 aliphatic rings. The lowest BCUT2D eigenvalue weighted by Gasteiger charge is -2.09. The minimum Gasteiger partial charge on any atom is -0.348 e. The van der Waals surface area contributed by atoms with Crippen LogP contribution in [0.3, 0.4) is 0 Å². The molecule has 0 unspecified atom stereocenters. The Bertz CT molecular complexity index is 967. The van der Waals surface area contributed by atoms with Crippen molar-refractivity contribution in [2.45, 2.75) is 26.3 Å². The van der Waals surface area contributed by atoms with E-state index in [2.05, 4.69) is 20.8 Å². The lowest BCUT2D eigenvalue weighted by atomic mass is 10.1. The summed E-state index contributed by atoms with van der Waals surface area (Å²) in [5.74, 6) is -0.681. The Hall–Kier alpha value is -3.48. The van der Waals surface area contributed by atoms with Gasteiger partial charge in [0.2, 0.25) is 5.91 Å². The molecule has 2 aromatic carbocycles. The summed E-state index contributed by atoms with van der Waals surface area (Å²) in [5.41, 5.74) is 3.12. The smallest absolute Gasteiger partial charge is 0.255 e. The van der Waals surface area contributed by atoms with Crippen LogP contribution in [-0.4, -0.2) is 22.0 Å². The molecular weight excluding hydrogens is 359 g/mol. The van der Waals surface area contributed by atoms with Crippen LogP contribution in [-0.2, 0) is 11.3 Å². The van der Waals surface area contributed by atoms with Gasteiger partial charge in [0.15, 0.2) is 0 Å². The minimum absolute atomic E-state index is 0.0361. The predicted molar refractivity (Wildman–Crippen MR) is 105 cm³/mol. The van der Waals surface area contributed by atoms with E-state index in [1.54, 1.807) is 12.1 Å². The maximum Gasteiger partial charge on any atom is 0.255 e. The summed E-state index contributed by atoms with van der Waals surface area (Å²) < 4.78 is 13.1. The van der Waals surface area contributed by atoms with Crippen LogP contribution in [0.5, 0.6) is 0 Å². The standard InChI is InChI=1S/C21H21FN4O2/c1-2-4-19(27)25-17-6-3-5-14(11-17)12-23-21(28)18-13-24-26-20(18)15-7-9-16(22)10-8-15/h3,5-11,13H,2,4,12H2,1H3,(H,23,28)(H,24,26)(H,25,27). The molecule has 7 heteroatoms. The van der Waals surface area contributed by atoms with Crippen LogP contribution in [0, 0.1) is 5.82 Å². The molecular formula is C21H21FN4O2. The average Bonchev–Trinajstić information content (AvgIpc) is 3.17. The van der Waals surface area contributed by atoms with Crippen molar-refractivity contribution in [1.82, 2.24) is 15.5 Å². The van der Waals surface area contributed by atoms with Crippen LogP contribution < -0.4 is 10.6 Å². The van der Waals surface area contributed by atoms with Crippen molar-refractivity contribution < 1.29 is 14.0 Å². The second kappa shape index (κ2) is 8.94. The molecule has 3 N–H and O–H groups in total. The molecule has 1 aromatic heterocycles. The fourth-order valence-corrected chi connectivity index (χ4v) is 2.78. The van der Waals surface area contributed by atoms with Crippen molar-refractivity contribution in [3.63, 3.8) is 0 Å². The number of amides is 2. The molecule has 0 fully saturated rings. The van der Waals surface area contributed by atoms with Crippen molar-refractivity contribution in [2.75, 3.05) is 5.32 Å². The van der Waals surface area contributed by atoms with E-state index in [-0.39, 0.29) is 17.6 Å². The Morgan fingerprint density at radius 1 is 1.14 bits per heavy atom. The van der Waals surface area contributed by atoms with E-state index in [0.717, 1.165) is 12.0 Å². The summed E-state index contributed by atoms with van der Waals surface area (Å²) in [4.78, 5) is 24.3. The van der Waals surface area contributed by atoms with E-state index >= 15 is 0 Å². The number of carbonyl (C=O) groups is 2. The molecule has 0 bridgehead atoms. The van der Waals surface area contributed by atoms with Gasteiger partial charge in [-0.3, -0.25) is 14.7 Å². The minimum atomic E-state index is -0.347. The van der Waals surface area contributed by atoms with Crippen LogP contribution in [0.4, 0.5) is 10.1 Å². The summed E-state index contributed by atoms with van der Waals surface area (Å²) >= 11 is 0. The maximum absolute atomic E-state index is 13.1. The highest BCUT2D eigenvalue weighted by molar-refractivity contribution is 5.99. The van der Waals surface area contributed by atoms with E-state index in [9.17, 15) is 14.0 Å². The number of benzene rings is 2. The van der Waals surface area contributed by atoms with Crippen LogP contribution in [0.25, 0.3) is 11.3 Å². The van der Waals surface area contributed by atoms with Crippen molar-refractivity contribution in [2.24, 2.45) is 0 Å². The number of aromatic nitrogens is 2. The summed E-state index contributed by atoms with van der Waals surface area (Å²) in [6.07, 6.45) is 2.69. The summed E-state index contributed by atoms with van der Waals surface area (Å²) in [7, 11) is 0. The number of nitrogens with one attached hydrogen (secondary N) is 3. The van der Waals surface area contributed by atoms with E-state index in [1.165, 1.54) is 18.3 Å². The number of halogens is 1. The first-order chi connectivity index (χ1) is 13.6. The third kappa shape index (κ3) is 4.82. The Morgan fingerprint density at radius 2 is 1.93 bits per heavy atom. The monoisotopic (exact) mass is 380 g/mol. The van der Waals surface area contributed by atoms with Crippen molar-refractivity contribution in [3.8, 4) is 11.3 Å². The van der Waals surface area contributed by atoms with Gasteiger partial charge in [-0.1, -0.05) is 19.1 Å². The van der Waals surface area contributed by atoms with E-state index in [4.69, 9.17) is 0 Å². The largest absolute Gasteiger partial charge is 0.348 e. The topological polar surface area (TPSA) is 86.9 Å². The number of hydrogen-bond acceptors (Lipinski definition) is 3. The molecule has 0 radical (unpaired) electrons. The SMILES string of the molecule is CCCC(=O)Nc1cccc(CNC(=O)c2cn[nH]c2-c2ccc(F)cc2)c1. The molecule has 1 heterocycles. The van der Waals surface area contributed by atoms with Gasteiger partial charge in [0, 0.05) is 24.2 Å². The lowest BCUT2D eigenvalue weighted by Crippen LogP contribution is -2.23. The van der Waals surface area contributed by atoms with Crippen molar-refractivity contribution in [3.05, 3.63) is 71.7 Å². The van der Waals surface area contributed by atoms with Gasteiger partial charge in [0.1, 0.15) is 5.82 Å². The number of H-pyrrole nitrogens is 1. The lowest BCUT2D eigenvalue weighted by molar-refractivity contribution is -0.116. The Balaban J connectivity index is 1.66. The molecule has 6 nitrogen and oxygen atoms in total. The molecule has 144 valence electrons. The van der Waals surface area contributed by atoms with E-state index in [0.29, 0.717) is 35.5 Å². The fraction of sp³-hybridized carbons (Fsp3) is 0.190. The van der Waals surface area contributed by atoms with Gasteiger partial charge < -0.3 is 10.6 Å². The molecule has 3 rings (SSSR count). The highest BCUT2D eigenvalue weighted by Crippen LogP contribution is 2.21. The van der Waals surface area contributed by atoms with Crippen molar-refractivity contribution >= 4 is 17.5 Å². The third-order valence-electron chi connectivity index (χ3n) is 4.16. The molecule has 3 aromatic rings. The predicted octanol–water partition coefficient (Wildman–Crippen LogP) is 3.88. The molecule has 28 heavy (non-hydrogen) atoms. The zero-order valence-electron chi connectivity index (χ0n) is 15.5. The number of carbonyl (C=O) groups excluding carboxylic acids is 2. The molecule has 0 saturated carbocycles. The van der Waals surface area contributed by atoms with E-state index in [1.807, 2.05) is 31.2 Å². The molecule has 0 saturated heterocycles. The Morgan fingerprint density at radius 3 is 2.68 bits per heavy atom. The van der Waals surface area contributed by atoms with Gasteiger partial charge in [0.25, 0.3) is 5.91 Å². The molecule has 0 atom stereocenters. The highest BCUT2D eigenvalue weighted by atomic mass is 19.1. The fourth-order valence-electron chi connectivity index (χ4n) is 2.78. The molecule has 0 spiro atoms. The number of aromatic amines is 1. The first-order valence-corrected chi connectivity index (χ1v) is 9.03. The van der Waals surface area contributed by atoms with Crippen LogP contribution in [0.1, 0.15) is 35.7 Å². The number of rotatable bonds is 7. The number of nitrogens with zero attached hydrogens (tertiary/aromatic N) is 1. The molecule has 0 aliphatic carbocycles. The average molecular weight is 380 g/mol. The number of anilines is 1. The van der Waals surface area contributed by atoms with E-state index < -0.39 is 0 Å². The van der Waals surface area contributed by atoms with Crippen LogP contribution in [0.2, 0.25) is 0 Å². The van der Waals surface area contributed by atoms with Gasteiger partial charge in [-0.2, -0.15) is 5.10 Å². The van der Waals surface area contributed by atoms with Crippen LogP contribution >= 0.6 is 0 Å². The zero-order chi connectivity index (χ0) is 19.9. The van der Waals surface area contributed by atoms with Gasteiger partial charge in [-0.05, 0) is 48.4 Å². The quantitative estimate of drug-likeness (QED) is 0.581. The zero-order valence-corrected chi connectivity index (χ0v) is 15.5. The Kier molecular flexibility index (Phi) is 6.16. The van der Waals surface area contributed by atoms with Crippen LogP contribution in [0.15, 0.2) is 54.7 Å². The first kappa shape index (κ1) is 19.3. The normalized spacial score (nSPS) is 10.5. The second-order valence-corrected chi connectivity index (χ2v) is 6.35. The summed E-state index contributed by atoms with van der Waals surface area (Å²) in [6.45, 7) is 2.24. The summed E-state index contributed by atoms with van der Waals surface area (Å²) in [6, 6.07) is 13.2. The number of hydrogen-bond donors (Lipinski definition) is 3. The van der Waals surface area contributed by atoms with Gasteiger partial charge in [-0.25, -0.2) is 4.39 Å². The maximum atomic E-state index is 13.1. The third-order valence-corrected chi connectivity index (χ3v) is 4.16. The first-order valence-electron chi connectivity index (χ1n) is 9.03. The highest BCUT2D eigenvalue weighted by Gasteiger charge is 2.15. The second-order valence-electron chi connectivity index (χ2n) is 6.35. The van der Waals surface area contributed by atoms with Gasteiger partial charge in [0.05, 0.1) is 17.5 Å². The molecule has 2 amide bonds. The van der Waals surface area contributed by atoms with Gasteiger partial charge in [-0.15, -0.1) is 0 Å². The Labute approximate surface area is 162 Å². The van der Waals surface area contributed by atoms with Gasteiger partial charge >= 0.3 is 0 Å². The summed E-state index contributed by atoms with van der Waals surface area (Å²) in [5, 5.41) is 12.4. The molecule has 0 aliphatic heterocycles. The van der Waals surface area contributed by atoms with Crippen molar-refractivity contribution in [1.29, 1.82) is 0 Å².